The number of hydrogen-bond acceptors (Lipinski definition) is 5. The number of amides is 1. The second-order valence-electron chi connectivity index (χ2n) is 20.4. The van der Waals surface area contributed by atoms with Crippen molar-refractivity contribution in [1.29, 1.82) is 0 Å². The molecule has 0 rings (SSSR count). The van der Waals surface area contributed by atoms with Crippen molar-refractivity contribution in [2.24, 2.45) is 0 Å². The van der Waals surface area contributed by atoms with Crippen LogP contribution in [0.4, 0.5) is 0 Å². The number of ether oxygens (including phenoxy) is 1. The summed E-state index contributed by atoms with van der Waals surface area (Å²) in [6, 6.07) is -0.715. The second kappa shape index (κ2) is 56.5. The molecule has 1 amide bonds. The van der Waals surface area contributed by atoms with Crippen LogP contribution in [0.3, 0.4) is 0 Å². The zero-order chi connectivity index (χ0) is 50.2. The molecule has 0 saturated heterocycles. The van der Waals surface area contributed by atoms with Gasteiger partial charge < -0.3 is 20.3 Å². The fourth-order valence-electron chi connectivity index (χ4n) is 9.00. The van der Waals surface area contributed by atoms with Crippen LogP contribution in [0.15, 0.2) is 60.8 Å². The van der Waals surface area contributed by atoms with Crippen LogP contribution in [-0.2, 0) is 14.3 Å². The molecule has 402 valence electrons. The molecule has 0 aromatic rings. The summed E-state index contributed by atoms with van der Waals surface area (Å²) >= 11 is 0. The van der Waals surface area contributed by atoms with Crippen LogP contribution in [-0.4, -0.2) is 46.9 Å². The van der Waals surface area contributed by atoms with Crippen LogP contribution in [0.1, 0.15) is 303 Å². The smallest absolute Gasteiger partial charge is 0.306 e. The van der Waals surface area contributed by atoms with Gasteiger partial charge in [-0.2, -0.15) is 0 Å². The second-order valence-corrected chi connectivity index (χ2v) is 20.4. The van der Waals surface area contributed by atoms with Gasteiger partial charge in [0.25, 0.3) is 0 Å². The van der Waals surface area contributed by atoms with Crippen molar-refractivity contribution in [3.8, 4) is 0 Å². The van der Waals surface area contributed by atoms with Crippen LogP contribution in [0.2, 0.25) is 0 Å². The summed E-state index contributed by atoms with van der Waals surface area (Å²) in [5.41, 5.74) is 0. The summed E-state index contributed by atoms with van der Waals surface area (Å²) in [5.74, 6) is -0.516. The molecule has 0 aromatic carbocycles. The lowest BCUT2D eigenvalue weighted by Gasteiger charge is -2.24. The lowest BCUT2D eigenvalue weighted by molar-refractivity contribution is -0.151. The zero-order valence-corrected chi connectivity index (χ0v) is 45.9. The summed E-state index contributed by atoms with van der Waals surface area (Å²) in [7, 11) is 0. The summed E-state index contributed by atoms with van der Waals surface area (Å²) in [5, 5.41) is 23.9. The van der Waals surface area contributed by atoms with E-state index in [1.807, 2.05) is 0 Å². The molecule has 3 atom stereocenters. The van der Waals surface area contributed by atoms with Crippen molar-refractivity contribution >= 4 is 11.9 Å². The Morgan fingerprint density at radius 2 is 0.739 bits per heavy atom. The Morgan fingerprint density at radius 1 is 0.420 bits per heavy atom. The molecule has 3 N–H and O–H groups in total. The minimum Gasteiger partial charge on any atom is -0.462 e. The molecule has 0 fully saturated rings. The van der Waals surface area contributed by atoms with Gasteiger partial charge in [0.2, 0.25) is 5.91 Å². The Kier molecular flexibility index (Phi) is 54.5. The first-order chi connectivity index (χ1) is 34.0. The van der Waals surface area contributed by atoms with Crippen molar-refractivity contribution in [3.63, 3.8) is 0 Å². The summed E-state index contributed by atoms with van der Waals surface area (Å²) in [6.07, 6.45) is 71.4. The van der Waals surface area contributed by atoms with Gasteiger partial charge in [-0.3, -0.25) is 9.59 Å². The van der Waals surface area contributed by atoms with Crippen LogP contribution in [0.5, 0.6) is 0 Å². The van der Waals surface area contributed by atoms with Crippen molar-refractivity contribution in [3.05, 3.63) is 60.8 Å². The third kappa shape index (κ3) is 51.7. The van der Waals surface area contributed by atoms with E-state index in [4.69, 9.17) is 4.74 Å². The largest absolute Gasteiger partial charge is 0.462 e. The van der Waals surface area contributed by atoms with Crippen molar-refractivity contribution in [2.75, 3.05) is 6.61 Å². The van der Waals surface area contributed by atoms with Gasteiger partial charge in [-0.25, -0.2) is 0 Å². The van der Waals surface area contributed by atoms with Crippen LogP contribution in [0, 0.1) is 0 Å². The number of allylic oxidation sites excluding steroid dienone is 10. The highest BCUT2D eigenvalue weighted by atomic mass is 16.5. The van der Waals surface area contributed by atoms with E-state index < -0.39 is 18.2 Å². The molecule has 0 aliphatic carbocycles. The Hall–Kier alpha value is -2.44. The maximum atomic E-state index is 13.3. The van der Waals surface area contributed by atoms with Crippen molar-refractivity contribution in [1.82, 2.24) is 5.32 Å². The quantitative estimate of drug-likeness (QED) is 0.0321. The van der Waals surface area contributed by atoms with E-state index in [1.54, 1.807) is 0 Å². The monoisotopic (exact) mass is 966 g/mol. The van der Waals surface area contributed by atoms with Crippen LogP contribution < -0.4 is 5.32 Å². The first-order valence-corrected chi connectivity index (χ1v) is 30.0. The van der Waals surface area contributed by atoms with E-state index in [9.17, 15) is 19.8 Å². The number of rotatable bonds is 54. The third-order valence-electron chi connectivity index (χ3n) is 13.6. The predicted octanol–water partition coefficient (Wildman–Crippen LogP) is 18.7. The fraction of sp³-hybridized carbons (Fsp3) is 0.810. The van der Waals surface area contributed by atoms with E-state index in [0.717, 1.165) is 96.3 Å². The molecule has 0 aliphatic heterocycles. The maximum Gasteiger partial charge on any atom is 0.306 e. The molecule has 0 aliphatic rings. The number of aliphatic hydroxyl groups excluding tert-OH is 2. The number of esters is 1. The molecule has 0 aromatic heterocycles. The summed E-state index contributed by atoms with van der Waals surface area (Å²) in [6.45, 7) is 6.48. The van der Waals surface area contributed by atoms with Gasteiger partial charge >= 0.3 is 5.97 Å². The Labute approximate surface area is 428 Å². The molecule has 0 spiro atoms. The number of unbranched alkanes of at least 4 members (excludes halogenated alkanes) is 32. The van der Waals surface area contributed by atoms with E-state index in [1.165, 1.54) is 161 Å². The zero-order valence-electron chi connectivity index (χ0n) is 45.9. The lowest BCUT2D eigenvalue weighted by Crippen LogP contribution is -2.46. The highest BCUT2D eigenvalue weighted by Crippen LogP contribution is 2.18. The first kappa shape index (κ1) is 66.6. The number of carbonyl (C=O) groups is 2. The van der Waals surface area contributed by atoms with Gasteiger partial charge in [0.1, 0.15) is 6.10 Å². The topological polar surface area (TPSA) is 95.9 Å². The van der Waals surface area contributed by atoms with E-state index in [-0.39, 0.29) is 24.9 Å². The normalized spacial score (nSPS) is 13.5. The molecule has 0 saturated carbocycles. The number of nitrogens with one attached hydrogen (secondary N) is 1. The molecule has 6 heteroatoms. The predicted molar refractivity (Wildman–Crippen MR) is 301 cm³/mol. The van der Waals surface area contributed by atoms with Gasteiger partial charge in [-0.15, -0.1) is 0 Å². The molecule has 0 heterocycles. The minimum atomic E-state index is -0.800. The molecular formula is C63H115NO5. The lowest BCUT2D eigenvalue weighted by atomic mass is 10.0. The molecular weight excluding hydrogens is 851 g/mol. The SMILES string of the molecule is CCCCC/C=C\C/C=C\C/C=C\C/C=C\CCCCCC(=O)OC(CCCCC/C=C/CCCCCCCCCCC)CC(=O)NC(CO)C(O)CCCCCCCCCCCCCCCCC. The molecule has 3 unspecified atom stereocenters. The maximum absolute atomic E-state index is 13.3. The number of hydrogen-bond donors (Lipinski definition) is 3. The van der Waals surface area contributed by atoms with Gasteiger partial charge in [-0.1, -0.05) is 255 Å². The highest BCUT2D eigenvalue weighted by molar-refractivity contribution is 5.77. The fourth-order valence-corrected chi connectivity index (χ4v) is 9.00. The Bertz CT molecular complexity index is 1220. The molecule has 0 radical (unpaired) electrons. The van der Waals surface area contributed by atoms with E-state index in [2.05, 4.69) is 86.8 Å². The third-order valence-corrected chi connectivity index (χ3v) is 13.6. The Morgan fingerprint density at radius 3 is 1.17 bits per heavy atom. The van der Waals surface area contributed by atoms with Crippen LogP contribution >= 0.6 is 0 Å². The van der Waals surface area contributed by atoms with Crippen LogP contribution in [0.25, 0.3) is 0 Å². The van der Waals surface area contributed by atoms with E-state index in [0.29, 0.717) is 19.3 Å². The van der Waals surface area contributed by atoms with Gasteiger partial charge in [0.05, 0.1) is 25.2 Å². The number of aliphatic hydroxyl groups is 2. The first-order valence-electron chi connectivity index (χ1n) is 30.0. The number of carbonyl (C=O) groups excluding carboxylic acids is 2. The molecule has 69 heavy (non-hydrogen) atoms. The summed E-state index contributed by atoms with van der Waals surface area (Å²) in [4.78, 5) is 26.3. The van der Waals surface area contributed by atoms with Crippen molar-refractivity contribution in [2.45, 2.75) is 322 Å². The Balaban J connectivity index is 4.63. The molecule has 0 bridgehead atoms. The van der Waals surface area contributed by atoms with Crippen molar-refractivity contribution < 1.29 is 24.5 Å². The molecule has 6 nitrogen and oxygen atoms in total. The summed E-state index contributed by atoms with van der Waals surface area (Å²) < 4.78 is 5.95. The highest BCUT2D eigenvalue weighted by Gasteiger charge is 2.24. The van der Waals surface area contributed by atoms with Gasteiger partial charge in [0, 0.05) is 6.42 Å². The van der Waals surface area contributed by atoms with Gasteiger partial charge in [0.15, 0.2) is 0 Å². The van der Waals surface area contributed by atoms with Gasteiger partial charge in [-0.05, 0) is 96.3 Å². The minimum absolute atomic E-state index is 0.0542. The van der Waals surface area contributed by atoms with E-state index >= 15 is 0 Å². The average molecular weight is 967 g/mol. The standard InChI is InChI=1S/C63H115NO5/c1-4-7-10-13-16-19-22-25-28-30-31-32-35-38-41-44-47-50-53-56-63(68)69-59(54-51-48-45-42-39-36-34-29-26-23-20-17-14-11-8-5-2)57-62(67)64-60(58-65)61(66)55-52-49-46-43-40-37-33-27-24-21-18-15-12-9-6-3/h16,19,25,28,31-32,36,38-39,41,59-61,65-66H,4-15,17-18,20-24,26-27,29-30,33-35,37,40,42-58H2,1-3H3,(H,64,67)/b19-16-,28-25-,32-31-,39-36+,41-38-. The average Bonchev–Trinajstić information content (AvgIpc) is 3.34.